The molecule has 0 radical (unpaired) electrons. The second-order valence-corrected chi connectivity index (χ2v) is 5.62. The lowest BCUT2D eigenvalue weighted by Gasteiger charge is -2.12. The highest BCUT2D eigenvalue weighted by Gasteiger charge is 2.19. The molecule has 9 heteroatoms. The first kappa shape index (κ1) is 16.8. The van der Waals surface area contributed by atoms with E-state index in [9.17, 15) is 14.0 Å². The van der Waals surface area contributed by atoms with Crippen molar-refractivity contribution in [2.24, 2.45) is 14.1 Å². The molecule has 7 nitrogen and oxygen atoms in total. The van der Waals surface area contributed by atoms with Crippen molar-refractivity contribution < 1.29 is 9.13 Å². The van der Waals surface area contributed by atoms with Crippen LogP contribution in [0.15, 0.2) is 27.9 Å². The van der Waals surface area contributed by atoms with Crippen LogP contribution in [0.25, 0.3) is 16.7 Å². The van der Waals surface area contributed by atoms with Gasteiger partial charge in [0.05, 0.1) is 16.9 Å². The highest BCUT2D eigenvalue weighted by Crippen LogP contribution is 2.29. The fraction of sp³-hybridized carbons (Fsp3) is 0.188. The number of terminal acetylenes is 1. The van der Waals surface area contributed by atoms with E-state index in [2.05, 4.69) is 11.0 Å². The van der Waals surface area contributed by atoms with E-state index in [4.69, 9.17) is 22.8 Å². The second kappa shape index (κ2) is 6.11. The normalized spacial score (nSPS) is 10.8. The van der Waals surface area contributed by atoms with Crippen LogP contribution in [0.5, 0.6) is 5.75 Å². The number of hydrogen-bond donors (Lipinski definition) is 0. The molecule has 0 saturated heterocycles. The van der Waals surface area contributed by atoms with Crippen molar-refractivity contribution in [2.45, 2.75) is 0 Å². The maximum Gasteiger partial charge on any atom is 0.337 e. The maximum absolute atomic E-state index is 14.4. The van der Waals surface area contributed by atoms with Crippen LogP contribution >= 0.6 is 11.6 Å². The molecule has 3 rings (SSSR count). The van der Waals surface area contributed by atoms with Gasteiger partial charge in [-0.3, -0.25) is 14.0 Å². The Morgan fingerprint density at radius 1 is 1.36 bits per heavy atom. The number of nitrogens with zero attached hydrogens (tertiary/aromatic N) is 4. The van der Waals surface area contributed by atoms with Gasteiger partial charge in [0.1, 0.15) is 29.2 Å². The summed E-state index contributed by atoms with van der Waals surface area (Å²) >= 11 is 5.92. The third-order valence-corrected chi connectivity index (χ3v) is 3.99. The molecule has 0 N–H and O–H groups in total. The van der Waals surface area contributed by atoms with Crippen molar-refractivity contribution in [1.82, 2.24) is 18.9 Å². The van der Waals surface area contributed by atoms with E-state index in [0.29, 0.717) is 10.2 Å². The lowest BCUT2D eigenvalue weighted by molar-refractivity contribution is 0.369. The number of ether oxygens (including phenoxy) is 1. The number of hydrogen-bond acceptors (Lipinski definition) is 4. The van der Waals surface area contributed by atoms with Gasteiger partial charge in [-0.25, -0.2) is 13.8 Å². The third kappa shape index (κ3) is 2.58. The van der Waals surface area contributed by atoms with Crippen LogP contribution in [0.4, 0.5) is 4.39 Å². The molecule has 0 saturated carbocycles. The highest BCUT2D eigenvalue weighted by molar-refractivity contribution is 6.32. The molecule has 0 aliphatic heterocycles. The first-order valence-corrected chi connectivity index (χ1v) is 7.44. The number of halogens is 2. The first-order chi connectivity index (χ1) is 11.9. The summed E-state index contributed by atoms with van der Waals surface area (Å²) in [6.07, 6.45) is 6.44. The van der Waals surface area contributed by atoms with Crippen LogP contribution in [0.3, 0.4) is 0 Å². The van der Waals surface area contributed by atoms with Crippen molar-refractivity contribution in [2.75, 3.05) is 6.61 Å². The molecule has 128 valence electrons. The summed E-state index contributed by atoms with van der Waals surface area (Å²) in [6, 6.07) is 2.13. The molecule has 2 aromatic heterocycles. The minimum absolute atomic E-state index is 0.0242. The summed E-state index contributed by atoms with van der Waals surface area (Å²) in [4.78, 5) is 25.3. The van der Waals surface area contributed by atoms with Crippen LogP contribution in [0, 0.1) is 18.2 Å². The molecule has 1 aromatic carbocycles. The number of benzene rings is 1. The van der Waals surface area contributed by atoms with Crippen molar-refractivity contribution >= 4 is 22.6 Å². The molecule has 0 unspecified atom stereocenters. The van der Waals surface area contributed by atoms with Gasteiger partial charge >= 0.3 is 5.69 Å². The van der Waals surface area contributed by atoms with Gasteiger partial charge in [-0.05, 0) is 6.07 Å². The molecule has 0 atom stereocenters. The van der Waals surface area contributed by atoms with Crippen molar-refractivity contribution in [3.05, 3.63) is 50.0 Å². The predicted octanol–water partition coefficient (Wildman–Crippen LogP) is 1.23. The lowest BCUT2D eigenvalue weighted by atomic mass is 10.2. The Bertz CT molecular complexity index is 1150. The van der Waals surface area contributed by atoms with Gasteiger partial charge in [-0.2, -0.15) is 5.10 Å². The van der Waals surface area contributed by atoms with Gasteiger partial charge in [0, 0.05) is 20.2 Å². The Balaban J connectivity index is 2.36. The summed E-state index contributed by atoms with van der Waals surface area (Å²) in [5, 5.41) is 4.12. The number of fused-ring (bicyclic) bond motifs is 1. The number of rotatable bonds is 3. The average molecular weight is 363 g/mol. The maximum atomic E-state index is 14.4. The first-order valence-electron chi connectivity index (χ1n) is 7.06. The van der Waals surface area contributed by atoms with E-state index < -0.39 is 17.1 Å². The zero-order valence-corrected chi connectivity index (χ0v) is 14.0. The smallest absolute Gasteiger partial charge is 0.337 e. The Labute approximate surface area is 145 Å². The third-order valence-electron chi connectivity index (χ3n) is 3.69. The molecule has 0 amide bonds. The fourth-order valence-corrected chi connectivity index (χ4v) is 2.76. The number of aryl methyl sites for hydroxylation is 2. The van der Waals surface area contributed by atoms with Crippen molar-refractivity contribution in [3.8, 4) is 23.8 Å². The Kier molecular flexibility index (Phi) is 4.10. The standard InChI is InChI=1S/C16H12ClFN4O3/c1-4-5-25-13-7-12(11(18)6-10(13)17)22-15(23)9-8-19-21(3)14(9)20(2)16(22)24/h1,6-8H,5H2,2-3H3. The van der Waals surface area contributed by atoms with E-state index in [-0.39, 0.29) is 28.5 Å². The largest absolute Gasteiger partial charge is 0.479 e. The summed E-state index contributed by atoms with van der Waals surface area (Å²) in [6.45, 7) is -0.0979. The zero-order valence-electron chi connectivity index (χ0n) is 13.3. The molecule has 2 heterocycles. The fourth-order valence-electron chi connectivity index (χ4n) is 2.56. The molecule has 0 fully saturated rings. The van der Waals surface area contributed by atoms with Gasteiger partial charge in [-0.15, -0.1) is 6.42 Å². The van der Waals surface area contributed by atoms with Crippen LogP contribution in [0.1, 0.15) is 0 Å². The molecule has 0 spiro atoms. The van der Waals surface area contributed by atoms with Crippen LogP contribution in [0.2, 0.25) is 5.02 Å². The molecular weight excluding hydrogens is 351 g/mol. The van der Waals surface area contributed by atoms with Gasteiger partial charge in [-0.1, -0.05) is 17.5 Å². The molecule has 0 bridgehead atoms. The van der Waals surface area contributed by atoms with Crippen molar-refractivity contribution in [3.63, 3.8) is 0 Å². The molecule has 25 heavy (non-hydrogen) atoms. The van der Waals surface area contributed by atoms with E-state index in [1.165, 1.54) is 28.6 Å². The van der Waals surface area contributed by atoms with Crippen LogP contribution in [-0.2, 0) is 14.1 Å². The van der Waals surface area contributed by atoms with E-state index in [1.54, 1.807) is 7.05 Å². The summed E-state index contributed by atoms with van der Waals surface area (Å²) in [5.41, 5.74) is -1.39. The van der Waals surface area contributed by atoms with Gasteiger partial charge in [0.2, 0.25) is 0 Å². The zero-order chi connectivity index (χ0) is 18.3. The highest BCUT2D eigenvalue weighted by atomic mass is 35.5. The van der Waals surface area contributed by atoms with Gasteiger partial charge in [0.15, 0.2) is 0 Å². The molecule has 0 aliphatic carbocycles. The van der Waals surface area contributed by atoms with E-state index in [0.717, 1.165) is 6.07 Å². The topological polar surface area (TPSA) is 71.1 Å². The molecular formula is C16H12ClFN4O3. The number of aromatic nitrogens is 4. The Hall–Kier alpha value is -3.05. The van der Waals surface area contributed by atoms with Crippen molar-refractivity contribution in [1.29, 1.82) is 0 Å². The average Bonchev–Trinajstić information content (AvgIpc) is 2.96. The second-order valence-electron chi connectivity index (χ2n) is 5.21. The van der Waals surface area contributed by atoms with Crippen LogP contribution in [-0.4, -0.2) is 25.5 Å². The monoisotopic (exact) mass is 362 g/mol. The summed E-state index contributed by atoms with van der Waals surface area (Å²) in [5.74, 6) is 1.48. The van der Waals surface area contributed by atoms with Gasteiger partial charge < -0.3 is 4.74 Å². The van der Waals surface area contributed by atoms with E-state index >= 15 is 0 Å². The summed E-state index contributed by atoms with van der Waals surface area (Å²) < 4.78 is 23.0. The minimum atomic E-state index is -0.847. The lowest BCUT2D eigenvalue weighted by Crippen LogP contribution is -2.38. The van der Waals surface area contributed by atoms with Gasteiger partial charge in [0.25, 0.3) is 5.56 Å². The predicted molar refractivity (Wildman–Crippen MR) is 90.8 cm³/mol. The molecule has 3 aromatic rings. The Morgan fingerprint density at radius 2 is 2.08 bits per heavy atom. The SMILES string of the molecule is C#CCOc1cc(-n2c(=O)c3cnn(C)c3n(C)c2=O)c(F)cc1Cl. The quantitative estimate of drug-likeness (QED) is 0.657. The van der Waals surface area contributed by atoms with E-state index in [1.807, 2.05) is 0 Å². The molecule has 0 aliphatic rings. The summed E-state index contributed by atoms with van der Waals surface area (Å²) in [7, 11) is 3.06. The Morgan fingerprint density at radius 3 is 2.76 bits per heavy atom. The van der Waals surface area contributed by atoms with Crippen LogP contribution < -0.4 is 16.0 Å². The minimum Gasteiger partial charge on any atom is -0.479 e.